The highest BCUT2D eigenvalue weighted by atomic mass is 19.1. The van der Waals surface area contributed by atoms with Crippen LogP contribution in [0.25, 0.3) is 0 Å². The lowest BCUT2D eigenvalue weighted by atomic mass is 10.1. The Balaban J connectivity index is 2.28. The van der Waals surface area contributed by atoms with E-state index in [1.165, 1.54) is 36.4 Å². The summed E-state index contributed by atoms with van der Waals surface area (Å²) in [6.45, 7) is -0.0162. The second-order valence-corrected chi connectivity index (χ2v) is 4.99. The Bertz CT molecular complexity index is 757. The van der Waals surface area contributed by atoms with Gasteiger partial charge in [-0.25, -0.2) is 13.6 Å². The van der Waals surface area contributed by atoms with Crippen LogP contribution in [0.3, 0.4) is 0 Å². The molecule has 7 heteroatoms. The van der Waals surface area contributed by atoms with E-state index in [2.05, 4.69) is 0 Å². The van der Waals surface area contributed by atoms with Gasteiger partial charge >= 0.3 is 5.97 Å². The number of hydrogen-bond donors (Lipinski definition) is 1. The van der Waals surface area contributed by atoms with Gasteiger partial charge in [-0.3, -0.25) is 9.59 Å². The average Bonchev–Trinajstić information content (AvgIpc) is 2.55. The number of carbonyl (C=O) groups excluding carboxylic acids is 2. The number of rotatable bonds is 6. The SMILES string of the molecule is O=C(O)C(=O)CC(=O)N(Cc1ccc(F)cc1)c1ccc(F)cc1. The fourth-order valence-corrected chi connectivity index (χ4v) is 2.03. The monoisotopic (exact) mass is 333 g/mol. The molecule has 0 fully saturated rings. The molecular formula is C17H13F2NO4. The molecule has 0 saturated carbocycles. The number of halogens is 2. The van der Waals surface area contributed by atoms with Crippen LogP contribution in [0.2, 0.25) is 0 Å². The summed E-state index contributed by atoms with van der Waals surface area (Å²) in [5.74, 6) is -4.65. The van der Waals surface area contributed by atoms with E-state index in [4.69, 9.17) is 5.11 Å². The number of aliphatic carboxylic acids is 1. The molecule has 1 N–H and O–H groups in total. The van der Waals surface area contributed by atoms with E-state index in [0.29, 0.717) is 11.3 Å². The van der Waals surface area contributed by atoms with Crippen molar-refractivity contribution in [3.05, 3.63) is 65.7 Å². The normalized spacial score (nSPS) is 10.2. The number of amides is 1. The number of ketones is 1. The lowest BCUT2D eigenvalue weighted by molar-refractivity contribution is -0.150. The van der Waals surface area contributed by atoms with Crippen molar-refractivity contribution in [1.29, 1.82) is 0 Å². The molecule has 0 unspecified atom stereocenters. The number of hydrogen-bond acceptors (Lipinski definition) is 3. The largest absolute Gasteiger partial charge is 0.475 e. The second-order valence-electron chi connectivity index (χ2n) is 4.99. The van der Waals surface area contributed by atoms with Crippen LogP contribution in [0.15, 0.2) is 48.5 Å². The summed E-state index contributed by atoms with van der Waals surface area (Å²) in [5, 5.41) is 8.63. The molecule has 0 bridgehead atoms. The Morgan fingerprint density at radius 3 is 1.88 bits per heavy atom. The Kier molecular flexibility index (Phi) is 5.36. The molecule has 0 aliphatic rings. The zero-order valence-corrected chi connectivity index (χ0v) is 12.4. The summed E-state index contributed by atoms with van der Waals surface area (Å²) in [6.07, 6.45) is -0.825. The molecule has 0 saturated heterocycles. The molecule has 1 amide bonds. The molecule has 0 atom stereocenters. The summed E-state index contributed by atoms with van der Waals surface area (Å²) < 4.78 is 26.0. The van der Waals surface area contributed by atoms with E-state index in [1.807, 2.05) is 0 Å². The molecule has 124 valence electrons. The minimum Gasteiger partial charge on any atom is -0.475 e. The van der Waals surface area contributed by atoms with Crippen molar-refractivity contribution in [2.24, 2.45) is 0 Å². The number of Topliss-reactive ketones (excluding diaryl/α,β-unsaturated/α-hetero) is 1. The van der Waals surface area contributed by atoms with E-state index < -0.39 is 35.7 Å². The van der Waals surface area contributed by atoms with Crippen molar-refractivity contribution in [2.45, 2.75) is 13.0 Å². The van der Waals surface area contributed by atoms with Crippen molar-refractivity contribution in [2.75, 3.05) is 4.90 Å². The van der Waals surface area contributed by atoms with Gasteiger partial charge in [0, 0.05) is 5.69 Å². The number of benzene rings is 2. The highest BCUT2D eigenvalue weighted by Gasteiger charge is 2.23. The van der Waals surface area contributed by atoms with E-state index in [9.17, 15) is 23.2 Å². The number of nitrogens with zero attached hydrogens (tertiary/aromatic N) is 1. The van der Waals surface area contributed by atoms with Gasteiger partial charge in [-0.1, -0.05) is 12.1 Å². The van der Waals surface area contributed by atoms with Crippen molar-refractivity contribution >= 4 is 23.3 Å². The third-order valence-corrected chi connectivity index (χ3v) is 3.24. The van der Waals surface area contributed by atoms with Crippen molar-refractivity contribution in [1.82, 2.24) is 0 Å². The Labute approximate surface area is 136 Å². The molecule has 2 aromatic rings. The van der Waals surface area contributed by atoms with E-state index in [1.54, 1.807) is 0 Å². The standard InChI is InChI=1S/C17H13F2NO4/c18-12-3-1-11(2-4-12)10-20(14-7-5-13(19)6-8-14)16(22)9-15(21)17(23)24/h1-8H,9-10H2,(H,23,24). The van der Waals surface area contributed by atoms with E-state index in [0.717, 1.165) is 17.0 Å². The highest BCUT2D eigenvalue weighted by Crippen LogP contribution is 2.19. The first kappa shape index (κ1) is 17.3. The Morgan fingerprint density at radius 2 is 1.38 bits per heavy atom. The van der Waals surface area contributed by atoms with Crippen LogP contribution >= 0.6 is 0 Å². The molecule has 24 heavy (non-hydrogen) atoms. The predicted molar refractivity (Wildman–Crippen MR) is 81.2 cm³/mol. The fraction of sp³-hybridized carbons (Fsp3) is 0.118. The van der Waals surface area contributed by atoms with Crippen molar-refractivity contribution < 1.29 is 28.3 Å². The van der Waals surface area contributed by atoms with Gasteiger partial charge in [0.1, 0.15) is 11.6 Å². The fourth-order valence-electron chi connectivity index (χ4n) is 2.03. The second kappa shape index (κ2) is 7.45. The maximum Gasteiger partial charge on any atom is 0.372 e. The summed E-state index contributed by atoms with van der Waals surface area (Å²) >= 11 is 0. The highest BCUT2D eigenvalue weighted by molar-refractivity contribution is 6.36. The van der Waals surface area contributed by atoms with Gasteiger partial charge in [0.25, 0.3) is 0 Å². The summed E-state index contributed by atoms with van der Waals surface area (Å²) in [7, 11) is 0. The smallest absolute Gasteiger partial charge is 0.372 e. The molecule has 0 radical (unpaired) electrons. The third kappa shape index (κ3) is 4.45. The minimum absolute atomic E-state index is 0.0162. The van der Waals surface area contributed by atoms with Crippen LogP contribution in [0.5, 0.6) is 0 Å². The van der Waals surface area contributed by atoms with Crippen molar-refractivity contribution in [3.63, 3.8) is 0 Å². The lowest BCUT2D eigenvalue weighted by Gasteiger charge is -2.22. The van der Waals surface area contributed by atoms with Crippen LogP contribution < -0.4 is 4.90 Å². The molecule has 5 nitrogen and oxygen atoms in total. The molecule has 0 aliphatic carbocycles. The Morgan fingerprint density at radius 1 is 0.875 bits per heavy atom. The van der Waals surface area contributed by atoms with Crippen LogP contribution in [0.1, 0.15) is 12.0 Å². The minimum atomic E-state index is -1.70. The zero-order valence-electron chi connectivity index (χ0n) is 12.4. The molecule has 0 spiro atoms. The first-order valence-corrected chi connectivity index (χ1v) is 6.93. The van der Waals surface area contributed by atoms with Gasteiger partial charge in [0.2, 0.25) is 11.7 Å². The van der Waals surface area contributed by atoms with Gasteiger partial charge in [0.15, 0.2) is 0 Å². The molecule has 0 heterocycles. The Hall–Kier alpha value is -3.09. The molecule has 2 rings (SSSR count). The lowest BCUT2D eigenvalue weighted by Crippen LogP contribution is -2.33. The molecule has 0 aliphatic heterocycles. The first-order valence-electron chi connectivity index (χ1n) is 6.93. The van der Waals surface area contributed by atoms with Gasteiger partial charge in [-0.05, 0) is 42.0 Å². The number of carboxylic acid groups (broad SMARTS) is 1. The van der Waals surface area contributed by atoms with Gasteiger partial charge in [-0.2, -0.15) is 0 Å². The summed E-state index contributed by atoms with van der Waals surface area (Å²) in [5.41, 5.74) is 0.862. The van der Waals surface area contributed by atoms with Gasteiger partial charge in [0.05, 0.1) is 13.0 Å². The number of carbonyl (C=O) groups is 3. The van der Waals surface area contributed by atoms with Crippen molar-refractivity contribution in [3.8, 4) is 0 Å². The van der Waals surface area contributed by atoms with E-state index >= 15 is 0 Å². The van der Waals surface area contributed by atoms with Gasteiger partial charge < -0.3 is 10.0 Å². The summed E-state index contributed by atoms with van der Waals surface area (Å²) in [4.78, 5) is 35.3. The van der Waals surface area contributed by atoms with E-state index in [-0.39, 0.29) is 6.54 Å². The number of carboxylic acids is 1. The maximum atomic E-state index is 13.1. The topological polar surface area (TPSA) is 74.7 Å². The molecule has 0 aromatic heterocycles. The first-order chi connectivity index (χ1) is 11.4. The predicted octanol–water partition coefficient (Wildman–Crippen LogP) is 2.54. The van der Waals surface area contributed by atoms with Crippen LogP contribution in [-0.4, -0.2) is 22.8 Å². The number of anilines is 1. The van der Waals surface area contributed by atoms with Crippen LogP contribution in [-0.2, 0) is 20.9 Å². The molecular weight excluding hydrogens is 320 g/mol. The van der Waals surface area contributed by atoms with Crippen LogP contribution in [0.4, 0.5) is 14.5 Å². The molecule has 2 aromatic carbocycles. The average molecular weight is 333 g/mol. The van der Waals surface area contributed by atoms with Gasteiger partial charge in [-0.15, -0.1) is 0 Å². The maximum absolute atomic E-state index is 13.1. The third-order valence-electron chi connectivity index (χ3n) is 3.24. The van der Waals surface area contributed by atoms with Crippen LogP contribution in [0, 0.1) is 11.6 Å². The summed E-state index contributed by atoms with van der Waals surface area (Å²) in [6, 6.07) is 10.3. The zero-order chi connectivity index (χ0) is 17.7. The quantitative estimate of drug-likeness (QED) is 0.651.